The highest BCUT2D eigenvalue weighted by atomic mass is 35.5. The predicted molar refractivity (Wildman–Crippen MR) is 90.5 cm³/mol. The molecule has 2 heterocycles. The molecular formula is C17H20ClN3O2. The molecule has 3 rings (SSSR count). The van der Waals surface area contributed by atoms with Crippen LogP contribution >= 0.6 is 11.6 Å². The third-order valence-electron chi connectivity index (χ3n) is 4.17. The molecule has 1 aromatic heterocycles. The van der Waals surface area contributed by atoms with Crippen LogP contribution in [0.15, 0.2) is 48.7 Å². The van der Waals surface area contributed by atoms with Gasteiger partial charge in [-0.25, -0.2) is 0 Å². The zero-order valence-corrected chi connectivity index (χ0v) is 13.6. The first-order valence-electron chi connectivity index (χ1n) is 7.72. The largest absolute Gasteiger partial charge is 0.618 e. The Bertz CT molecular complexity index is 660. The van der Waals surface area contributed by atoms with Gasteiger partial charge >= 0.3 is 0 Å². The van der Waals surface area contributed by atoms with Crippen molar-refractivity contribution in [3.8, 4) is 0 Å². The summed E-state index contributed by atoms with van der Waals surface area (Å²) in [5.41, 5.74) is 1.52. The molecule has 1 N–H and O–H groups in total. The van der Waals surface area contributed by atoms with E-state index in [2.05, 4.69) is 15.9 Å². The van der Waals surface area contributed by atoms with Crippen molar-refractivity contribution in [3.05, 3.63) is 64.6 Å². The van der Waals surface area contributed by atoms with Crippen LogP contribution in [0, 0.1) is 5.21 Å². The van der Waals surface area contributed by atoms with Gasteiger partial charge in [0.1, 0.15) is 0 Å². The summed E-state index contributed by atoms with van der Waals surface area (Å²) >= 11 is 6.04. The van der Waals surface area contributed by atoms with E-state index >= 15 is 0 Å². The molecular weight excluding hydrogens is 314 g/mol. The summed E-state index contributed by atoms with van der Waals surface area (Å²) in [5, 5.41) is 22.7. The van der Waals surface area contributed by atoms with Crippen LogP contribution < -0.4 is 9.63 Å². The molecule has 23 heavy (non-hydrogen) atoms. The van der Waals surface area contributed by atoms with Crippen molar-refractivity contribution in [1.82, 2.24) is 4.90 Å². The lowest BCUT2D eigenvalue weighted by atomic mass is 10.2. The minimum absolute atomic E-state index is 0.393. The summed E-state index contributed by atoms with van der Waals surface area (Å²) in [6.45, 7) is 3.90. The van der Waals surface area contributed by atoms with Crippen LogP contribution in [-0.2, 0) is 0 Å². The summed E-state index contributed by atoms with van der Waals surface area (Å²) in [6.07, 6.45) is 0.641. The zero-order valence-electron chi connectivity index (χ0n) is 12.8. The number of halogens is 1. The number of rotatable bonds is 4. The Morgan fingerprint density at radius 3 is 2.61 bits per heavy atom. The molecule has 122 valence electrons. The van der Waals surface area contributed by atoms with Crippen molar-refractivity contribution < 1.29 is 9.84 Å². The first-order chi connectivity index (χ1) is 11.1. The Hall–Kier alpha value is -1.82. The molecule has 0 radical (unpaired) electrons. The Morgan fingerprint density at radius 2 is 1.91 bits per heavy atom. The molecule has 6 heteroatoms. The average Bonchev–Trinajstić information content (AvgIpc) is 2.56. The highest BCUT2D eigenvalue weighted by Crippen LogP contribution is 2.21. The minimum atomic E-state index is -0.772. The number of hydrogen-bond donors (Lipinski definition) is 1. The number of nitrogens with zero attached hydrogens (tertiary/aromatic N) is 3. The molecule has 1 saturated heterocycles. The zero-order chi connectivity index (χ0) is 16.2. The molecule has 0 bridgehead atoms. The quantitative estimate of drug-likeness (QED) is 0.685. The lowest BCUT2D eigenvalue weighted by Crippen LogP contribution is -2.48. The minimum Gasteiger partial charge on any atom is -0.618 e. The van der Waals surface area contributed by atoms with Crippen LogP contribution in [0.2, 0.25) is 5.02 Å². The number of piperazine rings is 1. The molecule has 1 fully saturated rings. The number of aromatic nitrogens is 1. The monoisotopic (exact) mass is 333 g/mol. The van der Waals surface area contributed by atoms with Crippen LogP contribution in [0.3, 0.4) is 0 Å². The molecule has 0 aliphatic carbocycles. The van der Waals surface area contributed by atoms with Crippen molar-refractivity contribution in [3.63, 3.8) is 0 Å². The van der Waals surface area contributed by atoms with Crippen LogP contribution in [0.25, 0.3) is 0 Å². The maximum atomic E-state index is 11.7. The third kappa shape index (κ3) is 3.93. The summed E-state index contributed by atoms with van der Waals surface area (Å²) in [7, 11) is 0. The summed E-state index contributed by atoms with van der Waals surface area (Å²) in [5.74, 6) is 0. The number of benzene rings is 1. The fourth-order valence-electron chi connectivity index (χ4n) is 2.90. The van der Waals surface area contributed by atoms with E-state index in [0.717, 1.165) is 41.6 Å². The summed E-state index contributed by atoms with van der Waals surface area (Å²) in [4.78, 5) is 4.46. The van der Waals surface area contributed by atoms with Gasteiger partial charge in [-0.15, -0.1) is 0 Å². The number of β-amino-alcohol motifs (C(OH)–C–C–N with tert-alkyl or cyclic N) is 1. The molecule has 2 aromatic rings. The van der Waals surface area contributed by atoms with Crippen LogP contribution in [0.5, 0.6) is 0 Å². The second-order valence-corrected chi connectivity index (χ2v) is 6.17. The van der Waals surface area contributed by atoms with Gasteiger partial charge in [0, 0.05) is 55.6 Å². The number of hydrogen-bond acceptors (Lipinski definition) is 4. The SMILES string of the molecule is [O-][n+]1ccccc1[C@@H](O)CN1CCN(c2cccc(Cl)c2)CC1. The second-order valence-electron chi connectivity index (χ2n) is 5.73. The topological polar surface area (TPSA) is 53.7 Å². The maximum Gasteiger partial charge on any atom is 0.222 e. The van der Waals surface area contributed by atoms with Gasteiger partial charge in [0.2, 0.25) is 5.69 Å². The Balaban J connectivity index is 1.56. The maximum absolute atomic E-state index is 11.7. The Labute approximate surface area is 140 Å². The van der Waals surface area contributed by atoms with Gasteiger partial charge in [-0.1, -0.05) is 17.7 Å². The standard InChI is InChI=1S/C17H20ClN3O2/c18-14-4-3-5-15(12-14)20-10-8-19(9-11-20)13-17(22)16-6-1-2-7-21(16)23/h1-7,12,17,22H,8-11,13H2/t17-/m0/s1. The highest BCUT2D eigenvalue weighted by Gasteiger charge is 2.23. The van der Waals surface area contributed by atoms with Crippen molar-refractivity contribution >= 4 is 17.3 Å². The van der Waals surface area contributed by atoms with E-state index in [1.165, 1.54) is 6.20 Å². The molecule has 0 amide bonds. The number of anilines is 1. The van der Waals surface area contributed by atoms with E-state index < -0.39 is 6.10 Å². The van der Waals surface area contributed by atoms with Gasteiger partial charge < -0.3 is 15.2 Å². The molecule has 1 aliphatic rings. The van der Waals surface area contributed by atoms with Crippen LogP contribution in [0.4, 0.5) is 5.69 Å². The van der Waals surface area contributed by atoms with Gasteiger partial charge in [-0.2, -0.15) is 4.73 Å². The molecule has 1 aliphatic heterocycles. The van der Waals surface area contributed by atoms with Gasteiger partial charge in [-0.05, 0) is 24.3 Å². The van der Waals surface area contributed by atoms with Gasteiger partial charge in [-0.3, -0.25) is 4.90 Å². The lowest BCUT2D eigenvalue weighted by molar-refractivity contribution is -0.618. The summed E-state index contributed by atoms with van der Waals surface area (Å²) in [6, 6.07) is 12.9. The molecule has 1 atom stereocenters. The van der Waals surface area contributed by atoms with Crippen molar-refractivity contribution in [2.45, 2.75) is 6.10 Å². The van der Waals surface area contributed by atoms with Crippen molar-refractivity contribution in [2.75, 3.05) is 37.6 Å². The predicted octanol–water partition coefficient (Wildman–Crippen LogP) is 1.83. The Morgan fingerprint density at radius 1 is 1.13 bits per heavy atom. The smallest absolute Gasteiger partial charge is 0.222 e. The average molecular weight is 334 g/mol. The number of pyridine rings is 1. The molecule has 0 saturated carbocycles. The highest BCUT2D eigenvalue weighted by molar-refractivity contribution is 6.30. The van der Waals surface area contributed by atoms with Gasteiger partial charge in [0.15, 0.2) is 12.3 Å². The normalized spacial score (nSPS) is 17.2. The first-order valence-corrected chi connectivity index (χ1v) is 8.10. The van der Waals surface area contributed by atoms with E-state index in [1.54, 1.807) is 18.2 Å². The van der Waals surface area contributed by atoms with Crippen molar-refractivity contribution in [2.24, 2.45) is 0 Å². The fourth-order valence-corrected chi connectivity index (χ4v) is 3.08. The first kappa shape index (κ1) is 16.1. The van der Waals surface area contributed by atoms with Crippen molar-refractivity contribution in [1.29, 1.82) is 0 Å². The van der Waals surface area contributed by atoms with Gasteiger partial charge in [0.05, 0.1) is 0 Å². The lowest BCUT2D eigenvalue weighted by Gasteiger charge is -2.36. The van der Waals surface area contributed by atoms with E-state index in [4.69, 9.17) is 11.6 Å². The molecule has 5 nitrogen and oxygen atoms in total. The van der Waals surface area contributed by atoms with Crippen LogP contribution in [0.1, 0.15) is 11.8 Å². The van der Waals surface area contributed by atoms with Crippen LogP contribution in [-0.4, -0.2) is 42.7 Å². The molecule has 1 aromatic carbocycles. The third-order valence-corrected chi connectivity index (χ3v) is 4.41. The Kier molecular flexibility index (Phi) is 5.00. The van der Waals surface area contributed by atoms with E-state index in [1.807, 2.05) is 18.2 Å². The van der Waals surface area contributed by atoms with E-state index in [0.29, 0.717) is 12.2 Å². The number of aliphatic hydroxyl groups is 1. The number of aliphatic hydroxyl groups excluding tert-OH is 1. The van der Waals surface area contributed by atoms with E-state index in [-0.39, 0.29) is 0 Å². The summed E-state index contributed by atoms with van der Waals surface area (Å²) < 4.78 is 0.729. The van der Waals surface area contributed by atoms with E-state index in [9.17, 15) is 10.3 Å². The molecule has 0 unspecified atom stereocenters. The molecule has 0 spiro atoms. The fraction of sp³-hybridized carbons (Fsp3) is 0.353. The second kappa shape index (κ2) is 7.17. The van der Waals surface area contributed by atoms with Gasteiger partial charge in [0.25, 0.3) is 0 Å².